The van der Waals surface area contributed by atoms with E-state index in [0.29, 0.717) is 35.1 Å². The Kier molecular flexibility index (Phi) is 10.0. The molecule has 4 rings (SSSR count). The lowest BCUT2D eigenvalue weighted by Crippen LogP contribution is -2.37. The van der Waals surface area contributed by atoms with Crippen molar-refractivity contribution in [3.05, 3.63) is 71.8 Å². The first kappa shape index (κ1) is 28.5. The van der Waals surface area contributed by atoms with Crippen LogP contribution in [0.1, 0.15) is 22.6 Å². The van der Waals surface area contributed by atoms with Crippen LogP contribution in [0, 0.1) is 0 Å². The zero-order valence-corrected chi connectivity index (χ0v) is 22.6. The molecular weight excluding hydrogens is 514 g/mol. The fourth-order valence-electron chi connectivity index (χ4n) is 4.06. The van der Waals surface area contributed by atoms with Crippen molar-refractivity contribution >= 4 is 23.6 Å². The zero-order valence-electron chi connectivity index (χ0n) is 22.6. The first-order chi connectivity index (χ1) is 19.5. The minimum atomic E-state index is -0.529. The van der Waals surface area contributed by atoms with Gasteiger partial charge < -0.3 is 30.0 Å². The molecule has 0 radical (unpaired) electrons. The molecule has 1 aromatic heterocycles. The molecule has 40 heavy (non-hydrogen) atoms. The van der Waals surface area contributed by atoms with Gasteiger partial charge in [0.05, 0.1) is 45.3 Å². The van der Waals surface area contributed by atoms with Crippen molar-refractivity contribution in [1.29, 1.82) is 0 Å². The summed E-state index contributed by atoms with van der Waals surface area (Å²) in [4.78, 5) is 36.0. The summed E-state index contributed by atoms with van der Waals surface area (Å²) >= 11 is 0. The number of aromatic nitrogens is 2. The predicted octanol–water partition coefficient (Wildman–Crippen LogP) is 2.98. The number of amides is 1. The third-order valence-electron chi connectivity index (χ3n) is 6.23. The van der Waals surface area contributed by atoms with E-state index in [-0.39, 0.29) is 11.5 Å². The Balaban J connectivity index is 1.31. The number of nitrogens with zero attached hydrogens (tertiary/aromatic N) is 3. The molecule has 2 heterocycles. The van der Waals surface area contributed by atoms with Gasteiger partial charge in [-0.25, -0.2) is 14.8 Å². The number of ether oxygens (including phenoxy) is 4. The van der Waals surface area contributed by atoms with E-state index in [1.165, 1.54) is 6.08 Å². The SMILES string of the molecule is COc1ccc(-c2ccnc(C=C(N)C(=O)Nc3ccc(C(=O)OCCCN4CCOCC4)cc3)n2)cc1OC. The van der Waals surface area contributed by atoms with E-state index in [1.54, 1.807) is 62.9 Å². The summed E-state index contributed by atoms with van der Waals surface area (Å²) in [6.45, 7) is 4.49. The monoisotopic (exact) mass is 547 g/mol. The van der Waals surface area contributed by atoms with Gasteiger partial charge in [0.1, 0.15) is 5.70 Å². The van der Waals surface area contributed by atoms with Crippen molar-refractivity contribution in [2.45, 2.75) is 6.42 Å². The number of nitrogens with two attached hydrogens (primary N) is 1. The molecule has 0 atom stereocenters. The van der Waals surface area contributed by atoms with Crippen molar-refractivity contribution in [2.24, 2.45) is 5.73 Å². The smallest absolute Gasteiger partial charge is 0.338 e. The van der Waals surface area contributed by atoms with Crippen LogP contribution < -0.4 is 20.5 Å². The van der Waals surface area contributed by atoms with E-state index in [9.17, 15) is 9.59 Å². The number of hydrogen-bond acceptors (Lipinski definition) is 10. The minimum Gasteiger partial charge on any atom is -0.493 e. The predicted molar refractivity (Wildman–Crippen MR) is 150 cm³/mol. The van der Waals surface area contributed by atoms with Crippen LogP contribution in [0.15, 0.2) is 60.4 Å². The minimum absolute atomic E-state index is 0.0757. The van der Waals surface area contributed by atoms with Crippen LogP contribution in [0.3, 0.4) is 0 Å². The van der Waals surface area contributed by atoms with Crippen LogP contribution in [0.25, 0.3) is 17.3 Å². The Hall–Kier alpha value is -4.48. The molecule has 1 fully saturated rings. The highest BCUT2D eigenvalue weighted by Gasteiger charge is 2.13. The van der Waals surface area contributed by atoms with Crippen molar-refractivity contribution in [3.8, 4) is 22.8 Å². The third-order valence-corrected chi connectivity index (χ3v) is 6.23. The third kappa shape index (κ3) is 7.78. The standard InChI is InChI=1S/C29H33N5O6/c1-37-25-9-6-21(18-26(25)38-2)24-10-11-31-27(33-24)19-23(30)28(35)32-22-7-4-20(5-8-22)29(36)40-15-3-12-34-13-16-39-17-14-34/h4-11,18-19H,3,12-17,30H2,1-2H3,(H,32,35). The van der Waals surface area contributed by atoms with Crippen LogP contribution in [0.5, 0.6) is 11.5 Å². The number of morpholine rings is 1. The van der Waals surface area contributed by atoms with Gasteiger partial charge in [0.2, 0.25) is 0 Å². The van der Waals surface area contributed by atoms with Crippen molar-refractivity contribution in [2.75, 3.05) is 59.0 Å². The highest BCUT2D eigenvalue weighted by atomic mass is 16.5. The van der Waals surface area contributed by atoms with E-state index in [4.69, 9.17) is 24.7 Å². The van der Waals surface area contributed by atoms with Gasteiger partial charge >= 0.3 is 5.97 Å². The molecular formula is C29H33N5O6. The van der Waals surface area contributed by atoms with Crippen LogP contribution in [-0.2, 0) is 14.3 Å². The normalized spacial score (nSPS) is 13.9. The van der Waals surface area contributed by atoms with Crippen molar-refractivity contribution in [1.82, 2.24) is 14.9 Å². The van der Waals surface area contributed by atoms with Gasteiger partial charge in [0, 0.05) is 43.2 Å². The largest absolute Gasteiger partial charge is 0.493 e. The maximum absolute atomic E-state index is 12.7. The topological polar surface area (TPSA) is 138 Å². The summed E-state index contributed by atoms with van der Waals surface area (Å²) in [5, 5.41) is 2.70. The summed E-state index contributed by atoms with van der Waals surface area (Å²) in [7, 11) is 3.13. The summed E-state index contributed by atoms with van der Waals surface area (Å²) in [6, 6.07) is 13.6. The summed E-state index contributed by atoms with van der Waals surface area (Å²) in [5.74, 6) is 0.499. The second kappa shape index (κ2) is 14.1. The van der Waals surface area contributed by atoms with Gasteiger partial charge in [-0.2, -0.15) is 0 Å². The highest BCUT2D eigenvalue weighted by molar-refractivity contribution is 6.05. The molecule has 11 nitrogen and oxygen atoms in total. The Morgan fingerprint density at radius 2 is 1.80 bits per heavy atom. The van der Waals surface area contributed by atoms with Gasteiger partial charge in [0.25, 0.3) is 5.91 Å². The number of nitrogens with one attached hydrogen (secondary N) is 1. The van der Waals surface area contributed by atoms with Crippen LogP contribution in [-0.4, -0.2) is 80.4 Å². The van der Waals surface area contributed by atoms with Gasteiger partial charge in [-0.15, -0.1) is 0 Å². The first-order valence-electron chi connectivity index (χ1n) is 12.9. The average Bonchev–Trinajstić information content (AvgIpc) is 2.99. The van der Waals surface area contributed by atoms with Crippen LogP contribution in [0.4, 0.5) is 5.69 Å². The molecule has 210 valence electrons. The van der Waals surface area contributed by atoms with Crippen LogP contribution in [0.2, 0.25) is 0 Å². The Bertz CT molecular complexity index is 1340. The van der Waals surface area contributed by atoms with Gasteiger partial charge in [0.15, 0.2) is 17.3 Å². The van der Waals surface area contributed by atoms with Gasteiger partial charge in [-0.05, 0) is 55.0 Å². The van der Waals surface area contributed by atoms with Gasteiger partial charge in [-0.1, -0.05) is 0 Å². The van der Waals surface area contributed by atoms with E-state index < -0.39 is 11.9 Å². The number of carbonyl (C=O) groups is 2. The fraction of sp³-hybridized carbons (Fsp3) is 0.310. The van der Waals surface area contributed by atoms with E-state index in [1.807, 2.05) is 6.07 Å². The molecule has 2 aromatic carbocycles. The maximum Gasteiger partial charge on any atom is 0.338 e. The maximum atomic E-state index is 12.7. The van der Waals surface area contributed by atoms with Crippen molar-refractivity contribution in [3.63, 3.8) is 0 Å². The summed E-state index contributed by atoms with van der Waals surface area (Å²) in [5.41, 5.74) is 8.22. The van der Waals surface area contributed by atoms with E-state index in [0.717, 1.165) is 44.8 Å². The molecule has 1 aliphatic heterocycles. The number of carbonyl (C=O) groups excluding carboxylic acids is 2. The molecule has 0 unspecified atom stereocenters. The number of rotatable bonds is 11. The highest BCUT2D eigenvalue weighted by Crippen LogP contribution is 2.31. The Labute approximate surface area is 232 Å². The number of benzene rings is 2. The molecule has 3 aromatic rings. The number of anilines is 1. The molecule has 1 aliphatic rings. The second-order valence-electron chi connectivity index (χ2n) is 8.94. The lowest BCUT2D eigenvalue weighted by Gasteiger charge is -2.26. The average molecular weight is 548 g/mol. The number of esters is 1. The lowest BCUT2D eigenvalue weighted by atomic mass is 10.1. The number of hydrogen-bond donors (Lipinski definition) is 2. The van der Waals surface area contributed by atoms with Gasteiger partial charge in [-0.3, -0.25) is 9.69 Å². The summed E-state index contributed by atoms with van der Waals surface area (Å²) in [6.07, 6.45) is 3.73. The fourth-order valence-corrected chi connectivity index (χ4v) is 4.06. The number of methoxy groups -OCH3 is 2. The molecule has 0 saturated carbocycles. The molecule has 1 amide bonds. The van der Waals surface area contributed by atoms with E-state index in [2.05, 4.69) is 20.2 Å². The Morgan fingerprint density at radius 3 is 2.52 bits per heavy atom. The zero-order chi connectivity index (χ0) is 28.3. The molecule has 0 spiro atoms. The molecule has 11 heteroatoms. The Morgan fingerprint density at radius 1 is 1.05 bits per heavy atom. The quantitative estimate of drug-likeness (QED) is 0.209. The first-order valence-corrected chi connectivity index (χ1v) is 12.9. The molecule has 0 aliphatic carbocycles. The second-order valence-corrected chi connectivity index (χ2v) is 8.94. The molecule has 0 bridgehead atoms. The van der Waals surface area contributed by atoms with E-state index >= 15 is 0 Å². The molecule has 1 saturated heterocycles. The summed E-state index contributed by atoms with van der Waals surface area (Å²) < 4.78 is 21.3. The van der Waals surface area contributed by atoms with Crippen LogP contribution >= 0.6 is 0 Å². The molecule has 3 N–H and O–H groups in total. The van der Waals surface area contributed by atoms with Crippen molar-refractivity contribution < 1.29 is 28.5 Å². The lowest BCUT2D eigenvalue weighted by molar-refractivity contribution is -0.112.